The zero-order chi connectivity index (χ0) is 13.2. The molecular weight excluding hydrogens is 270 g/mol. The monoisotopic (exact) mass is 287 g/mol. The van der Waals surface area contributed by atoms with Gasteiger partial charge < -0.3 is 11.1 Å². The van der Waals surface area contributed by atoms with Gasteiger partial charge in [0.25, 0.3) is 0 Å². The van der Waals surface area contributed by atoms with E-state index in [0.29, 0.717) is 16.6 Å². The van der Waals surface area contributed by atoms with Crippen LogP contribution in [-0.4, -0.2) is 26.0 Å². The Morgan fingerprint density at radius 1 is 1.44 bits per heavy atom. The molecule has 0 spiro atoms. The van der Waals surface area contributed by atoms with E-state index in [9.17, 15) is 8.42 Å². The third-order valence-electron chi connectivity index (χ3n) is 2.90. The van der Waals surface area contributed by atoms with Crippen LogP contribution in [0.3, 0.4) is 0 Å². The van der Waals surface area contributed by atoms with Crippen LogP contribution in [0.2, 0.25) is 0 Å². The average molecular weight is 287 g/mol. The number of anilines is 2. The van der Waals surface area contributed by atoms with E-state index in [2.05, 4.69) is 5.32 Å². The van der Waals surface area contributed by atoms with Crippen LogP contribution in [-0.2, 0) is 10.0 Å². The molecule has 1 aromatic carbocycles. The van der Waals surface area contributed by atoms with Crippen LogP contribution in [0, 0.1) is 0 Å². The van der Waals surface area contributed by atoms with E-state index >= 15 is 0 Å². The Bertz CT molecular complexity index is 525. The van der Waals surface area contributed by atoms with Crippen molar-refractivity contribution in [3.8, 4) is 0 Å². The van der Waals surface area contributed by atoms with Gasteiger partial charge in [-0.25, -0.2) is 13.6 Å². The van der Waals surface area contributed by atoms with Gasteiger partial charge in [-0.2, -0.15) is 11.8 Å². The first-order chi connectivity index (χ1) is 8.47. The summed E-state index contributed by atoms with van der Waals surface area (Å²) in [7, 11) is -3.68. The second-order valence-corrected chi connectivity index (χ2v) is 7.28. The second-order valence-electron chi connectivity index (χ2n) is 4.31. The van der Waals surface area contributed by atoms with Crippen molar-refractivity contribution < 1.29 is 8.42 Å². The third-order valence-corrected chi connectivity index (χ3v) is 5.21. The molecule has 1 unspecified atom stereocenters. The quantitative estimate of drug-likeness (QED) is 0.723. The molecule has 1 aromatic rings. The Morgan fingerprint density at radius 2 is 2.22 bits per heavy atom. The molecule has 1 atom stereocenters. The van der Waals surface area contributed by atoms with Gasteiger partial charge in [-0.1, -0.05) is 0 Å². The Morgan fingerprint density at radius 3 is 2.83 bits per heavy atom. The molecule has 1 heterocycles. The maximum absolute atomic E-state index is 11.3. The summed E-state index contributed by atoms with van der Waals surface area (Å²) in [5.41, 5.74) is 6.98. The molecule has 0 radical (unpaired) electrons. The molecule has 0 amide bonds. The maximum Gasteiger partial charge on any atom is 0.238 e. The third kappa shape index (κ3) is 3.30. The molecule has 1 saturated heterocycles. The van der Waals surface area contributed by atoms with Crippen molar-refractivity contribution in [2.75, 3.05) is 23.3 Å². The molecule has 0 aromatic heterocycles. The smallest absolute Gasteiger partial charge is 0.238 e. The normalized spacial score (nSPS) is 19.9. The topological polar surface area (TPSA) is 98.2 Å². The highest BCUT2D eigenvalue weighted by atomic mass is 32.2. The standard InChI is InChI=1S/C11H17N3O2S2/c12-10-4-3-9(18(13,15)16)6-11(10)14-7-8-2-1-5-17-8/h3-4,6,8,14H,1-2,5,7,12H2,(H2,13,15,16). The SMILES string of the molecule is Nc1ccc(S(N)(=O)=O)cc1NCC1CCCS1. The molecule has 0 bridgehead atoms. The van der Waals surface area contributed by atoms with Crippen molar-refractivity contribution in [2.45, 2.75) is 23.0 Å². The molecule has 1 aliphatic heterocycles. The van der Waals surface area contributed by atoms with Gasteiger partial charge in [-0.15, -0.1) is 0 Å². The summed E-state index contributed by atoms with van der Waals surface area (Å²) in [4.78, 5) is 0.0817. The molecule has 7 heteroatoms. The van der Waals surface area contributed by atoms with Gasteiger partial charge in [-0.05, 0) is 36.8 Å². The summed E-state index contributed by atoms with van der Waals surface area (Å²) >= 11 is 1.93. The first-order valence-electron chi connectivity index (χ1n) is 5.74. The molecule has 1 aliphatic rings. The number of primary sulfonamides is 1. The molecular formula is C11H17N3O2S2. The van der Waals surface area contributed by atoms with E-state index < -0.39 is 10.0 Å². The number of nitrogens with one attached hydrogen (secondary N) is 1. The van der Waals surface area contributed by atoms with Crippen molar-refractivity contribution in [3.05, 3.63) is 18.2 Å². The van der Waals surface area contributed by atoms with Crippen molar-refractivity contribution in [3.63, 3.8) is 0 Å². The molecule has 0 saturated carbocycles. The lowest BCUT2D eigenvalue weighted by Gasteiger charge is -2.14. The Kier molecular flexibility index (Phi) is 4.04. The van der Waals surface area contributed by atoms with Crippen LogP contribution in [0.1, 0.15) is 12.8 Å². The lowest BCUT2D eigenvalue weighted by Crippen LogP contribution is -2.16. The summed E-state index contributed by atoms with van der Waals surface area (Å²) in [5, 5.41) is 8.87. The fourth-order valence-corrected chi connectivity index (χ4v) is 3.64. The zero-order valence-electron chi connectivity index (χ0n) is 9.93. The Balaban J connectivity index is 2.11. The highest BCUT2D eigenvalue weighted by Crippen LogP contribution is 2.28. The van der Waals surface area contributed by atoms with E-state index in [1.54, 1.807) is 6.07 Å². The van der Waals surface area contributed by atoms with Crippen molar-refractivity contribution in [1.82, 2.24) is 0 Å². The van der Waals surface area contributed by atoms with Gasteiger partial charge in [0.2, 0.25) is 10.0 Å². The zero-order valence-corrected chi connectivity index (χ0v) is 11.6. The van der Waals surface area contributed by atoms with Crippen LogP contribution < -0.4 is 16.2 Å². The average Bonchev–Trinajstić information content (AvgIpc) is 2.79. The van der Waals surface area contributed by atoms with Crippen LogP contribution in [0.4, 0.5) is 11.4 Å². The number of benzene rings is 1. The van der Waals surface area contributed by atoms with Crippen LogP contribution in [0.25, 0.3) is 0 Å². The van der Waals surface area contributed by atoms with E-state index in [1.807, 2.05) is 11.8 Å². The summed E-state index contributed by atoms with van der Waals surface area (Å²) in [6, 6.07) is 4.47. The lowest BCUT2D eigenvalue weighted by molar-refractivity contribution is 0.598. The van der Waals surface area contributed by atoms with Crippen molar-refractivity contribution in [1.29, 1.82) is 0 Å². The first-order valence-corrected chi connectivity index (χ1v) is 8.34. The highest BCUT2D eigenvalue weighted by molar-refractivity contribution is 8.00. The number of sulfonamides is 1. The van der Waals surface area contributed by atoms with Gasteiger partial charge in [-0.3, -0.25) is 0 Å². The molecule has 2 rings (SSSR count). The number of nitrogens with two attached hydrogens (primary N) is 2. The van der Waals surface area contributed by atoms with Gasteiger partial charge in [0, 0.05) is 11.8 Å². The van der Waals surface area contributed by atoms with E-state index in [-0.39, 0.29) is 4.90 Å². The largest absolute Gasteiger partial charge is 0.397 e. The fourth-order valence-electron chi connectivity index (χ4n) is 1.89. The minimum absolute atomic E-state index is 0.0817. The predicted octanol–water partition coefficient (Wildman–Crippen LogP) is 1.22. The Hall–Kier alpha value is -0.920. The van der Waals surface area contributed by atoms with Crippen LogP contribution in [0.15, 0.2) is 23.1 Å². The van der Waals surface area contributed by atoms with Gasteiger partial charge in [0.15, 0.2) is 0 Å². The van der Waals surface area contributed by atoms with E-state index in [1.165, 1.54) is 30.7 Å². The van der Waals surface area contributed by atoms with Gasteiger partial charge in [0.1, 0.15) is 0 Å². The number of nitrogen functional groups attached to an aromatic ring is 1. The molecule has 5 N–H and O–H groups in total. The fraction of sp³-hybridized carbons (Fsp3) is 0.455. The minimum atomic E-state index is -3.68. The summed E-state index contributed by atoms with van der Waals surface area (Å²) in [5.74, 6) is 1.19. The summed E-state index contributed by atoms with van der Waals surface area (Å²) < 4.78 is 22.5. The molecule has 0 aliphatic carbocycles. The molecule has 1 fully saturated rings. The van der Waals surface area contributed by atoms with Crippen molar-refractivity contribution in [2.24, 2.45) is 5.14 Å². The first kappa shape index (κ1) is 13.5. The summed E-state index contributed by atoms with van der Waals surface area (Å²) in [6.07, 6.45) is 2.43. The van der Waals surface area contributed by atoms with Crippen LogP contribution in [0.5, 0.6) is 0 Å². The molecule has 18 heavy (non-hydrogen) atoms. The van der Waals surface area contributed by atoms with Crippen molar-refractivity contribution >= 4 is 33.2 Å². The minimum Gasteiger partial charge on any atom is -0.397 e. The number of thioether (sulfide) groups is 1. The molecule has 100 valence electrons. The van der Waals surface area contributed by atoms with Gasteiger partial charge in [0.05, 0.1) is 16.3 Å². The Labute approximate surface area is 111 Å². The second kappa shape index (κ2) is 5.38. The molecule has 5 nitrogen and oxygen atoms in total. The van der Waals surface area contributed by atoms with E-state index in [0.717, 1.165) is 6.54 Å². The number of rotatable bonds is 4. The van der Waals surface area contributed by atoms with Gasteiger partial charge >= 0.3 is 0 Å². The number of hydrogen-bond donors (Lipinski definition) is 3. The highest BCUT2D eigenvalue weighted by Gasteiger charge is 2.16. The predicted molar refractivity (Wildman–Crippen MR) is 76.2 cm³/mol. The van der Waals surface area contributed by atoms with E-state index in [4.69, 9.17) is 10.9 Å². The lowest BCUT2D eigenvalue weighted by atomic mass is 10.2. The van der Waals surface area contributed by atoms with Crippen LogP contribution >= 0.6 is 11.8 Å². The maximum atomic E-state index is 11.3. The number of hydrogen-bond acceptors (Lipinski definition) is 5. The summed E-state index contributed by atoms with van der Waals surface area (Å²) in [6.45, 7) is 0.795.